The van der Waals surface area contributed by atoms with E-state index in [-0.39, 0.29) is 6.04 Å². The average molecular weight is 291 g/mol. The maximum Gasteiger partial charge on any atom is 0.303 e. The highest BCUT2D eigenvalue weighted by Crippen LogP contribution is 2.22. The Morgan fingerprint density at radius 3 is 2.89 bits per heavy atom. The molecule has 0 radical (unpaired) electrons. The second-order valence-electron chi connectivity index (χ2n) is 4.23. The van der Waals surface area contributed by atoms with Gasteiger partial charge < -0.3 is 5.73 Å². The van der Waals surface area contributed by atoms with Crippen molar-refractivity contribution in [3.63, 3.8) is 0 Å². The first kappa shape index (κ1) is 13.7. The predicted molar refractivity (Wildman–Crippen MR) is 70.6 cm³/mol. The van der Waals surface area contributed by atoms with Crippen molar-refractivity contribution in [3.8, 4) is 0 Å². The molecule has 2 rings (SSSR count). The van der Waals surface area contributed by atoms with E-state index in [2.05, 4.69) is 14.9 Å². The van der Waals surface area contributed by atoms with Crippen molar-refractivity contribution in [2.24, 2.45) is 5.73 Å². The molecule has 7 nitrogen and oxygen atoms in total. The molecule has 102 valence electrons. The van der Waals surface area contributed by atoms with Gasteiger partial charge in [0.05, 0.1) is 0 Å². The highest BCUT2D eigenvalue weighted by molar-refractivity contribution is 7.90. The Labute approximate surface area is 111 Å². The van der Waals surface area contributed by atoms with Gasteiger partial charge in [0, 0.05) is 19.1 Å². The number of hydrogen-bond acceptors (Lipinski definition) is 6. The van der Waals surface area contributed by atoms with Crippen LogP contribution in [0.3, 0.4) is 0 Å². The largest absolute Gasteiger partial charge is 0.329 e. The Hall–Kier alpha value is -0.770. The van der Waals surface area contributed by atoms with Crippen LogP contribution >= 0.6 is 11.3 Å². The first-order valence-electron chi connectivity index (χ1n) is 5.82. The molecule has 1 saturated heterocycles. The van der Waals surface area contributed by atoms with Crippen LogP contribution in [0.1, 0.15) is 24.3 Å². The number of hydrogen-bond donors (Lipinski definition) is 2. The summed E-state index contributed by atoms with van der Waals surface area (Å²) in [6.07, 6.45) is 2.70. The average Bonchev–Trinajstić information content (AvgIpc) is 2.74. The van der Waals surface area contributed by atoms with Crippen molar-refractivity contribution >= 4 is 26.7 Å². The molecular formula is C9H17N5O2S2. The van der Waals surface area contributed by atoms with Crippen molar-refractivity contribution in [3.05, 3.63) is 5.01 Å². The lowest BCUT2D eigenvalue weighted by molar-refractivity contribution is 0.259. The number of nitrogens with zero attached hydrogens (tertiary/aromatic N) is 3. The third-order valence-electron chi connectivity index (χ3n) is 2.90. The summed E-state index contributed by atoms with van der Waals surface area (Å²) in [7, 11) is -3.57. The zero-order valence-electron chi connectivity index (χ0n) is 10.2. The molecular weight excluding hydrogens is 274 g/mol. The van der Waals surface area contributed by atoms with Gasteiger partial charge >= 0.3 is 10.2 Å². The van der Waals surface area contributed by atoms with Crippen LogP contribution in [0.4, 0.5) is 5.13 Å². The highest BCUT2D eigenvalue weighted by Gasteiger charge is 2.31. The molecule has 18 heavy (non-hydrogen) atoms. The van der Waals surface area contributed by atoms with E-state index in [1.165, 1.54) is 15.6 Å². The molecule has 1 aromatic heterocycles. The van der Waals surface area contributed by atoms with Crippen molar-refractivity contribution in [2.45, 2.75) is 32.2 Å². The molecule has 0 saturated carbocycles. The second-order valence-corrected chi connectivity index (χ2v) is 7.03. The van der Waals surface area contributed by atoms with Gasteiger partial charge in [0.1, 0.15) is 5.01 Å². The summed E-state index contributed by atoms with van der Waals surface area (Å²) >= 11 is 1.22. The van der Waals surface area contributed by atoms with Gasteiger partial charge in [-0.2, -0.15) is 12.7 Å². The number of rotatable bonds is 4. The molecule has 2 heterocycles. The highest BCUT2D eigenvalue weighted by atomic mass is 32.2. The van der Waals surface area contributed by atoms with Crippen molar-refractivity contribution in [2.75, 3.05) is 17.8 Å². The van der Waals surface area contributed by atoms with Crippen LogP contribution in [-0.4, -0.2) is 42.1 Å². The van der Waals surface area contributed by atoms with Gasteiger partial charge in [0.15, 0.2) is 0 Å². The van der Waals surface area contributed by atoms with E-state index < -0.39 is 10.2 Å². The fourth-order valence-corrected chi connectivity index (χ4v) is 4.29. The molecule has 0 bridgehead atoms. The maximum absolute atomic E-state index is 12.2. The van der Waals surface area contributed by atoms with E-state index in [0.717, 1.165) is 24.3 Å². The third kappa shape index (κ3) is 2.97. The van der Waals surface area contributed by atoms with Crippen molar-refractivity contribution in [1.82, 2.24) is 14.5 Å². The van der Waals surface area contributed by atoms with Crippen LogP contribution in [0.2, 0.25) is 0 Å². The Balaban J connectivity index is 2.14. The Morgan fingerprint density at radius 1 is 1.50 bits per heavy atom. The molecule has 0 aromatic carbocycles. The van der Waals surface area contributed by atoms with Crippen LogP contribution in [0.15, 0.2) is 0 Å². The quantitative estimate of drug-likeness (QED) is 0.831. The number of nitrogens with two attached hydrogens (primary N) is 1. The zero-order chi connectivity index (χ0) is 13.2. The molecule has 1 atom stereocenters. The number of aromatic nitrogens is 2. The van der Waals surface area contributed by atoms with E-state index in [4.69, 9.17) is 5.73 Å². The Morgan fingerprint density at radius 2 is 2.28 bits per heavy atom. The van der Waals surface area contributed by atoms with Crippen LogP contribution in [-0.2, 0) is 10.2 Å². The number of aryl methyl sites for hydroxylation is 1. The number of anilines is 1. The van der Waals surface area contributed by atoms with Crippen molar-refractivity contribution < 1.29 is 8.42 Å². The van der Waals surface area contributed by atoms with Gasteiger partial charge in [-0.3, -0.25) is 0 Å². The third-order valence-corrected chi connectivity index (χ3v) is 5.33. The summed E-state index contributed by atoms with van der Waals surface area (Å²) < 4.78 is 28.4. The summed E-state index contributed by atoms with van der Waals surface area (Å²) in [6.45, 7) is 2.63. The SMILES string of the molecule is Cc1nnc(NS(=O)(=O)N2CCCCC2CN)s1. The molecule has 3 N–H and O–H groups in total. The van der Waals surface area contributed by atoms with E-state index >= 15 is 0 Å². The van der Waals surface area contributed by atoms with Crippen LogP contribution in [0.25, 0.3) is 0 Å². The van der Waals surface area contributed by atoms with Gasteiger partial charge in [-0.15, -0.1) is 10.2 Å². The summed E-state index contributed by atoms with van der Waals surface area (Å²) in [5.74, 6) is 0. The second kappa shape index (κ2) is 5.47. The Kier molecular flexibility index (Phi) is 4.15. The molecule has 9 heteroatoms. The van der Waals surface area contributed by atoms with E-state index in [1.54, 1.807) is 6.92 Å². The minimum atomic E-state index is -3.57. The number of piperidine rings is 1. The summed E-state index contributed by atoms with van der Waals surface area (Å²) in [4.78, 5) is 0. The summed E-state index contributed by atoms with van der Waals surface area (Å²) in [5, 5.41) is 8.57. The molecule has 1 aliphatic rings. The molecule has 0 amide bonds. The van der Waals surface area contributed by atoms with Gasteiger partial charge in [0.2, 0.25) is 5.13 Å². The number of nitrogens with one attached hydrogen (secondary N) is 1. The molecule has 1 fully saturated rings. The standard InChI is InChI=1S/C9H17N5O2S2/c1-7-11-12-9(17-7)13-18(15,16)14-5-3-2-4-8(14)6-10/h8H,2-6,10H2,1H3,(H,12,13). The molecule has 1 aliphatic heterocycles. The maximum atomic E-state index is 12.2. The first-order valence-corrected chi connectivity index (χ1v) is 8.08. The monoisotopic (exact) mass is 291 g/mol. The normalized spacial score (nSPS) is 22.0. The van der Waals surface area contributed by atoms with Crippen LogP contribution in [0, 0.1) is 6.92 Å². The molecule has 0 aliphatic carbocycles. The smallest absolute Gasteiger partial charge is 0.303 e. The van der Waals surface area contributed by atoms with E-state index in [0.29, 0.717) is 18.2 Å². The fourth-order valence-electron chi connectivity index (χ4n) is 2.03. The lowest BCUT2D eigenvalue weighted by Gasteiger charge is -2.33. The van der Waals surface area contributed by atoms with Crippen LogP contribution < -0.4 is 10.5 Å². The summed E-state index contributed by atoms with van der Waals surface area (Å²) in [6, 6.07) is -0.120. The minimum absolute atomic E-state index is 0.120. The molecule has 0 spiro atoms. The van der Waals surface area contributed by atoms with E-state index in [9.17, 15) is 8.42 Å². The lowest BCUT2D eigenvalue weighted by Crippen LogP contribution is -2.49. The lowest BCUT2D eigenvalue weighted by atomic mass is 10.1. The van der Waals surface area contributed by atoms with Crippen molar-refractivity contribution in [1.29, 1.82) is 0 Å². The summed E-state index contributed by atoms with van der Waals surface area (Å²) in [5.41, 5.74) is 5.63. The molecule has 1 aromatic rings. The zero-order valence-corrected chi connectivity index (χ0v) is 11.8. The van der Waals surface area contributed by atoms with Gasteiger partial charge in [-0.1, -0.05) is 17.8 Å². The minimum Gasteiger partial charge on any atom is -0.329 e. The topological polar surface area (TPSA) is 101 Å². The Bertz CT molecular complexity index is 501. The van der Waals surface area contributed by atoms with Gasteiger partial charge in [-0.25, -0.2) is 4.72 Å². The fraction of sp³-hybridized carbons (Fsp3) is 0.778. The molecule has 1 unspecified atom stereocenters. The van der Waals surface area contributed by atoms with Gasteiger partial charge in [-0.05, 0) is 19.8 Å². The van der Waals surface area contributed by atoms with Gasteiger partial charge in [0.25, 0.3) is 0 Å². The van der Waals surface area contributed by atoms with E-state index in [1.807, 2.05) is 0 Å². The predicted octanol–water partition coefficient (Wildman–Crippen LogP) is 0.316. The first-order chi connectivity index (χ1) is 8.53. The van der Waals surface area contributed by atoms with Crippen LogP contribution in [0.5, 0.6) is 0 Å².